The van der Waals surface area contributed by atoms with Crippen molar-refractivity contribution in [3.63, 3.8) is 0 Å². The summed E-state index contributed by atoms with van der Waals surface area (Å²) in [7, 11) is 0. The number of hydrogen-bond donors (Lipinski definition) is 1. The van der Waals surface area contributed by atoms with Gasteiger partial charge in [0.05, 0.1) is 23.3 Å². The molecule has 1 aromatic rings. The average molecular weight is 433 g/mol. The molecule has 0 aromatic heterocycles. The highest BCUT2D eigenvalue weighted by molar-refractivity contribution is 5.90. The summed E-state index contributed by atoms with van der Waals surface area (Å²) in [6, 6.07) is 0.693. The van der Waals surface area contributed by atoms with Crippen LogP contribution in [-0.4, -0.2) is 23.5 Å². The van der Waals surface area contributed by atoms with Crippen LogP contribution in [0.15, 0.2) is 30.9 Å². The number of nitrogens with one attached hydrogen (secondary N) is 1. The molecule has 3 fully saturated rings. The molecule has 1 N–H and O–H groups in total. The molecule has 0 amide bonds. The number of ketones is 1. The van der Waals surface area contributed by atoms with Crippen LogP contribution >= 0.6 is 0 Å². The van der Waals surface area contributed by atoms with Gasteiger partial charge in [-0.25, -0.2) is 0 Å². The van der Waals surface area contributed by atoms with Gasteiger partial charge in [0.2, 0.25) is 0 Å². The molecular weight excluding hydrogens is 412 g/mol. The van der Waals surface area contributed by atoms with Crippen LogP contribution < -0.4 is 5.32 Å². The number of ether oxygens (including phenoxy) is 1. The van der Waals surface area contributed by atoms with Crippen LogP contribution in [0.5, 0.6) is 0 Å². The molecule has 1 aromatic carbocycles. The van der Waals surface area contributed by atoms with Gasteiger partial charge in [0.1, 0.15) is 5.60 Å². The molecule has 2 heterocycles. The topological polar surface area (TPSA) is 38.3 Å². The lowest BCUT2D eigenvalue weighted by molar-refractivity contribution is -0.155. The molecule has 1 saturated carbocycles. The minimum atomic E-state index is -4.93. The average Bonchev–Trinajstić information content (AvgIpc) is 3.11. The van der Waals surface area contributed by atoms with Gasteiger partial charge in [-0.2, -0.15) is 26.3 Å². The van der Waals surface area contributed by atoms with Gasteiger partial charge in [-0.1, -0.05) is 6.08 Å². The highest BCUT2D eigenvalue weighted by atomic mass is 19.4. The Balaban J connectivity index is 1.57. The highest BCUT2D eigenvalue weighted by Gasteiger charge is 2.62. The van der Waals surface area contributed by atoms with Crippen molar-refractivity contribution in [3.05, 3.63) is 42.0 Å². The Hall–Kier alpha value is -2.03. The molecular formula is C21H21F6NO2. The fraction of sp³-hybridized carbons (Fsp3) is 0.571. The Morgan fingerprint density at radius 3 is 2.30 bits per heavy atom. The van der Waals surface area contributed by atoms with E-state index in [1.807, 2.05) is 6.08 Å². The van der Waals surface area contributed by atoms with Crippen molar-refractivity contribution in [2.45, 2.75) is 62.2 Å². The van der Waals surface area contributed by atoms with Gasteiger partial charge in [0, 0.05) is 12.1 Å². The molecule has 1 aliphatic carbocycles. The molecule has 5 atom stereocenters. The second kappa shape index (κ2) is 7.00. The quantitative estimate of drug-likeness (QED) is 0.496. The number of Topliss-reactive ketones (excluding diaryl/α,β-unsaturated/α-hetero) is 1. The molecule has 1 spiro atoms. The second-order valence-corrected chi connectivity index (χ2v) is 8.48. The molecule has 30 heavy (non-hydrogen) atoms. The van der Waals surface area contributed by atoms with Crippen LogP contribution in [0.2, 0.25) is 0 Å². The van der Waals surface area contributed by atoms with Crippen molar-refractivity contribution in [1.29, 1.82) is 0 Å². The van der Waals surface area contributed by atoms with E-state index in [1.54, 1.807) is 0 Å². The van der Waals surface area contributed by atoms with Crippen LogP contribution in [-0.2, 0) is 21.9 Å². The lowest BCUT2D eigenvalue weighted by atomic mass is 9.86. The zero-order chi connectivity index (χ0) is 21.9. The molecule has 3 aliphatic rings. The van der Waals surface area contributed by atoms with Gasteiger partial charge in [0.15, 0.2) is 5.78 Å². The maximum absolute atomic E-state index is 13.1. The van der Waals surface area contributed by atoms with E-state index in [0.29, 0.717) is 30.9 Å². The minimum Gasteiger partial charge on any atom is -0.379 e. The largest absolute Gasteiger partial charge is 0.416 e. The zero-order valence-electron chi connectivity index (χ0n) is 15.9. The Morgan fingerprint density at radius 1 is 1.10 bits per heavy atom. The van der Waals surface area contributed by atoms with Gasteiger partial charge in [-0.3, -0.25) is 4.79 Å². The third-order valence-electron chi connectivity index (χ3n) is 6.51. The summed E-state index contributed by atoms with van der Waals surface area (Å²) >= 11 is 0. The third kappa shape index (κ3) is 3.61. The minimum absolute atomic E-state index is 0.0135. The fourth-order valence-corrected chi connectivity index (χ4v) is 5.27. The number of halogens is 6. The van der Waals surface area contributed by atoms with Crippen LogP contribution in [0.25, 0.3) is 0 Å². The number of carbonyl (C=O) groups excluding carboxylic acids is 1. The third-order valence-corrected chi connectivity index (χ3v) is 6.51. The van der Waals surface area contributed by atoms with Crippen molar-refractivity contribution in [2.24, 2.45) is 11.8 Å². The number of allylic oxidation sites excluding steroid dienone is 1. The number of hydrogen-bond acceptors (Lipinski definition) is 3. The smallest absolute Gasteiger partial charge is 0.379 e. The monoisotopic (exact) mass is 433 g/mol. The molecule has 2 bridgehead atoms. The molecule has 2 aliphatic heterocycles. The summed E-state index contributed by atoms with van der Waals surface area (Å²) in [4.78, 5) is 12.9. The predicted molar refractivity (Wildman–Crippen MR) is 96.7 cm³/mol. The Labute approximate surface area is 169 Å². The summed E-state index contributed by atoms with van der Waals surface area (Å²) in [6.07, 6.45) is -5.72. The number of carbonyl (C=O) groups is 1. The maximum atomic E-state index is 13.1. The normalized spacial score (nSPS) is 33.5. The van der Waals surface area contributed by atoms with E-state index in [-0.39, 0.29) is 29.9 Å². The van der Waals surface area contributed by atoms with E-state index in [1.165, 1.54) is 0 Å². The fourth-order valence-electron chi connectivity index (χ4n) is 5.27. The molecule has 0 unspecified atom stereocenters. The summed E-state index contributed by atoms with van der Waals surface area (Å²) in [5.41, 5.74) is -3.97. The van der Waals surface area contributed by atoms with Crippen molar-refractivity contribution in [2.75, 3.05) is 5.32 Å². The first kappa shape index (κ1) is 21.2. The number of benzene rings is 1. The zero-order valence-corrected chi connectivity index (χ0v) is 15.9. The predicted octanol–water partition coefficient (Wildman–Crippen LogP) is 5.61. The number of alkyl halides is 6. The Bertz CT molecular complexity index is 832. The molecule has 2 saturated heterocycles. The number of anilines is 1. The standard InChI is InChI=1S/C21H21F6NO2/c1-2-3-11-4-12-8-17-16(9-18(29)19(12,10-11)30-17)28-15-6-13(20(22,23)24)5-14(7-15)21(25,26)27/h2,5-7,11-12,16-17,28H,1,3-4,8-10H2/t11-,12-,16-,17+,19-/m0/s1. The van der Waals surface area contributed by atoms with Gasteiger partial charge < -0.3 is 10.1 Å². The molecule has 9 heteroatoms. The number of fused-ring (bicyclic) bond motifs is 1. The van der Waals surface area contributed by atoms with Crippen molar-refractivity contribution >= 4 is 11.5 Å². The van der Waals surface area contributed by atoms with Crippen molar-refractivity contribution in [1.82, 2.24) is 0 Å². The Morgan fingerprint density at radius 2 is 1.73 bits per heavy atom. The highest BCUT2D eigenvalue weighted by Crippen LogP contribution is 2.55. The summed E-state index contributed by atoms with van der Waals surface area (Å²) in [5.74, 6) is 0.201. The maximum Gasteiger partial charge on any atom is 0.416 e. The number of rotatable bonds is 4. The first-order chi connectivity index (χ1) is 13.9. The van der Waals surface area contributed by atoms with Gasteiger partial charge in [-0.05, 0) is 55.7 Å². The second-order valence-electron chi connectivity index (χ2n) is 8.48. The first-order valence-corrected chi connectivity index (χ1v) is 9.80. The summed E-state index contributed by atoms with van der Waals surface area (Å²) < 4.78 is 84.7. The van der Waals surface area contributed by atoms with E-state index in [4.69, 9.17) is 4.74 Å². The summed E-state index contributed by atoms with van der Waals surface area (Å²) in [6.45, 7) is 3.73. The van der Waals surface area contributed by atoms with Gasteiger partial charge >= 0.3 is 12.4 Å². The lowest BCUT2D eigenvalue weighted by Gasteiger charge is -2.37. The molecule has 4 rings (SSSR count). The van der Waals surface area contributed by atoms with Gasteiger partial charge in [0.25, 0.3) is 0 Å². The van der Waals surface area contributed by atoms with Crippen LogP contribution in [0.1, 0.15) is 43.2 Å². The lowest BCUT2D eigenvalue weighted by Crippen LogP contribution is -2.51. The van der Waals surface area contributed by atoms with Crippen LogP contribution in [0.3, 0.4) is 0 Å². The van der Waals surface area contributed by atoms with Crippen molar-refractivity contribution < 1.29 is 35.9 Å². The van der Waals surface area contributed by atoms with Gasteiger partial charge in [-0.15, -0.1) is 6.58 Å². The van der Waals surface area contributed by atoms with E-state index >= 15 is 0 Å². The van der Waals surface area contributed by atoms with Crippen LogP contribution in [0.4, 0.5) is 32.0 Å². The van der Waals surface area contributed by atoms with Crippen LogP contribution in [0, 0.1) is 11.8 Å². The van der Waals surface area contributed by atoms with E-state index in [9.17, 15) is 31.1 Å². The van der Waals surface area contributed by atoms with Crippen molar-refractivity contribution in [3.8, 4) is 0 Å². The van der Waals surface area contributed by atoms with E-state index < -0.39 is 41.2 Å². The molecule has 0 radical (unpaired) electrons. The first-order valence-electron chi connectivity index (χ1n) is 9.80. The van der Waals surface area contributed by atoms with E-state index in [2.05, 4.69) is 11.9 Å². The molecule has 164 valence electrons. The Kier molecular flexibility index (Phi) is 4.95. The summed E-state index contributed by atoms with van der Waals surface area (Å²) in [5, 5.41) is 2.72. The van der Waals surface area contributed by atoms with E-state index in [0.717, 1.165) is 12.8 Å². The SMILES string of the molecule is C=CC[C@H]1C[C@H]2C[C@H]3O[C@]2(C1)C(=O)C[C@@H]3Nc1cc(C(F)(F)F)cc(C(F)(F)F)c1. The molecule has 3 nitrogen and oxygen atoms in total.